The number of amides is 1. The number of carbonyl (C=O) groups excluding carboxylic acids is 1. The van der Waals surface area contributed by atoms with Gasteiger partial charge < -0.3 is 15.5 Å². The summed E-state index contributed by atoms with van der Waals surface area (Å²) in [5, 5.41) is 6.14. The van der Waals surface area contributed by atoms with E-state index in [-0.39, 0.29) is 5.91 Å². The van der Waals surface area contributed by atoms with E-state index in [2.05, 4.69) is 22.5 Å². The van der Waals surface area contributed by atoms with Crippen LogP contribution >= 0.6 is 0 Å². The molecule has 1 rings (SSSR count). The highest BCUT2D eigenvalue weighted by molar-refractivity contribution is 5.78. The first-order chi connectivity index (χ1) is 6.58. The third kappa shape index (κ3) is 5.19. The molecular formula is C10H21N3O. The number of nitrogens with zero attached hydrogens (tertiary/aromatic N) is 1. The number of rotatable bonds is 6. The predicted molar refractivity (Wildman–Crippen MR) is 57.2 cm³/mol. The normalized spacial score (nSPS) is 18.3. The molecule has 0 aromatic heterocycles. The van der Waals surface area contributed by atoms with Gasteiger partial charge in [0.2, 0.25) is 5.91 Å². The van der Waals surface area contributed by atoms with Crippen LogP contribution in [0.3, 0.4) is 0 Å². The predicted octanol–water partition coefficient (Wildman–Crippen LogP) is -0.195. The molecule has 1 aliphatic rings. The Labute approximate surface area is 86.0 Å². The zero-order chi connectivity index (χ0) is 10.6. The van der Waals surface area contributed by atoms with E-state index in [0.717, 1.165) is 19.4 Å². The molecule has 0 radical (unpaired) electrons. The fourth-order valence-electron chi connectivity index (χ4n) is 1.39. The SMILES string of the molecule is CC(CN(C)C)NCC(=O)NC1CC1. The van der Waals surface area contributed by atoms with Crippen molar-refractivity contribution in [3.63, 3.8) is 0 Å². The molecule has 1 aliphatic carbocycles. The van der Waals surface area contributed by atoms with Crippen LogP contribution < -0.4 is 10.6 Å². The Balaban J connectivity index is 2.02. The number of hydrogen-bond donors (Lipinski definition) is 2. The molecule has 0 spiro atoms. The average Bonchev–Trinajstić information content (AvgIpc) is 2.83. The maximum atomic E-state index is 11.3. The maximum absolute atomic E-state index is 11.3. The Morgan fingerprint density at radius 3 is 2.64 bits per heavy atom. The Bertz CT molecular complexity index is 190. The van der Waals surface area contributed by atoms with Gasteiger partial charge in [0.1, 0.15) is 0 Å². The minimum atomic E-state index is 0.123. The third-order valence-electron chi connectivity index (χ3n) is 2.19. The van der Waals surface area contributed by atoms with E-state index >= 15 is 0 Å². The summed E-state index contributed by atoms with van der Waals surface area (Å²) in [5.41, 5.74) is 0. The van der Waals surface area contributed by atoms with Crippen molar-refractivity contribution in [1.82, 2.24) is 15.5 Å². The first-order valence-electron chi connectivity index (χ1n) is 5.25. The molecular weight excluding hydrogens is 178 g/mol. The standard InChI is InChI=1S/C10H21N3O/c1-8(7-13(2)3)11-6-10(14)12-9-4-5-9/h8-9,11H,4-7H2,1-3H3,(H,12,14). The summed E-state index contributed by atoms with van der Waals surface area (Å²) >= 11 is 0. The van der Waals surface area contributed by atoms with Crippen LogP contribution in [0.4, 0.5) is 0 Å². The van der Waals surface area contributed by atoms with Crippen molar-refractivity contribution in [2.24, 2.45) is 0 Å². The van der Waals surface area contributed by atoms with Crippen molar-refractivity contribution in [2.75, 3.05) is 27.2 Å². The average molecular weight is 199 g/mol. The van der Waals surface area contributed by atoms with Crippen LogP contribution in [0.5, 0.6) is 0 Å². The van der Waals surface area contributed by atoms with E-state index in [9.17, 15) is 4.79 Å². The monoisotopic (exact) mass is 199 g/mol. The second-order valence-electron chi connectivity index (χ2n) is 4.39. The van der Waals surface area contributed by atoms with Gasteiger partial charge in [0.15, 0.2) is 0 Å². The lowest BCUT2D eigenvalue weighted by Gasteiger charge is -2.17. The lowest BCUT2D eigenvalue weighted by molar-refractivity contribution is -0.120. The Morgan fingerprint density at radius 2 is 2.14 bits per heavy atom. The molecule has 1 saturated carbocycles. The van der Waals surface area contributed by atoms with Gasteiger partial charge in [-0.2, -0.15) is 0 Å². The van der Waals surface area contributed by atoms with Crippen molar-refractivity contribution >= 4 is 5.91 Å². The van der Waals surface area contributed by atoms with Crippen molar-refractivity contribution in [3.05, 3.63) is 0 Å². The summed E-state index contributed by atoms with van der Waals surface area (Å²) < 4.78 is 0. The second kappa shape index (κ2) is 5.32. The van der Waals surface area contributed by atoms with E-state index in [1.165, 1.54) is 0 Å². The van der Waals surface area contributed by atoms with E-state index in [4.69, 9.17) is 0 Å². The molecule has 1 unspecified atom stereocenters. The Hall–Kier alpha value is -0.610. The van der Waals surface area contributed by atoms with E-state index in [1.807, 2.05) is 14.1 Å². The topological polar surface area (TPSA) is 44.4 Å². The molecule has 4 nitrogen and oxygen atoms in total. The quantitative estimate of drug-likeness (QED) is 0.623. The number of hydrogen-bond acceptors (Lipinski definition) is 3. The van der Waals surface area contributed by atoms with Gasteiger partial charge >= 0.3 is 0 Å². The maximum Gasteiger partial charge on any atom is 0.234 e. The molecule has 0 aromatic carbocycles. The molecule has 0 saturated heterocycles. The fraction of sp³-hybridized carbons (Fsp3) is 0.900. The number of nitrogens with one attached hydrogen (secondary N) is 2. The van der Waals surface area contributed by atoms with Crippen molar-refractivity contribution in [2.45, 2.75) is 31.8 Å². The summed E-state index contributed by atoms with van der Waals surface area (Å²) in [7, 11) is 4.06. The minimum Gasteiger partial charge on any atom is -0.352 e. The molecule has 4 heteroatoms. The molecule has 14 heavy (non-hydrogen) atoms. The van der Waals surface area contributed by atoms with Gasteiger partial charge in [-0.3, -0.25) is 4.79 Å². The third-order valence-corrected chi connectivity index (χ3v) is 2.19. The van der Waals surface area contributed by atoms with E-state index < -0.39 is 0 Å². The Morgan fingerprint density at radius 1 is 1.50 bits per heavy atom. The van der Waals surface area contributed by atoms with Crippen LogP contribution in [-0.4, -0.2) is 50.1 Å². The lowest BCUT2D eigenvalue weighted by Crippen LogP contribution is -2.42. The zero-order valence-electron chi connectivity index (χ0n) is 9.34. The lowest BCUT2D eigenvalue weighted by atomic mass is 10.3. The number of carbonyl (C=O) groups is 1. The smallest absolute Gasteiger partial charge is 0.234 e. The van der Waals surface area contributed by atoms with Crippen molar-refractivity contribution < 1.29 is 4.79 Å². The molecule has 0 aliphatic heterocycles. The van der Waals surface area contributed by atoms with Crippen LogP contribution in [0, 0.1) is 0 Å². The summed E-state index contributed by atoms with van der Waals surface area (Å²) in [4.78, 5) is 13.4. The van der Waals surface area contributed by atoms with E-state index in [1.54, 1.807) is 0 Å². The highest BCUT2D eigenvalue weighted by atomic mass is 16.2. The van der Waals surface area contributed by atoms with Gasteiger partial charge in [0.05, 0.1) is 6.54 Å². The molecule has 2 N–H and O–H groups in total. The van der Waals surface area contributed by atoms with Crippen LogP contribution in [-0.2, 0) is 4.79 Å². The zero-order valence-corrected chi connectivity index (χ0v) is 9.34. The summed E-state index contributed by atoms with van der Waals surface area (Å²) in [6.45, 7) is 3.48. The first kappa shape index (κ1) is 11.5. The van der Waals surface area contributed by atoms with Gasteiger partial charge in [0, 0.05) is 18.6 Å². The molecule has 82 valence electrons. The molecule has 0 aromatic rings. The van der Waals surface area contributed by atoms with Crippen molar-refractivity contribution in [3.8, 4) is 0 Å². The summed E-state index contributed by atoms with van der Waals surface area (Å²) in [6.07, 6.45) is 2.30. The minimum absolute atomic E-state index is 0.123. The van der Waals surface area contributed by atoms with Gasteiger partial charge in [0.25, 0.3) is 0 Å². The number of likely N-dealkylation sites (N-methyl/N-ethyl adjacent to an activating group) is 1. The summed E-state index contributed by atoms with van der Waals surface area (Å²) in [6, 6.07) is 0.823. The van der Waals surface area contributed by atoms with Crippen LogP contribution in [0.25, 0.3) is 0 Å². The second-order valence-corrected chi connectivity index (χ2v) is 4.39. The van der Waals surface area contributed by atoms with Gasteiger partial charge in [-0.05, 0) is 33.9 Å². The molecule has 0 bridgehead atoms. The molecule has 0 heterocycles. The Kier molecular flexibility index (Phi) is 4.35. The fourth-order valence-corrected chi connectivity index (χ4v) is 1.39. The van der Waals surface area contributed by atoms with E-state index in [0.29, 0.717) is 18.6 Å². The molecule has 1 atom stereocenters. The van der Waals surface area contributed by atoms with Crippen LogP contribution in [0.15, 0.2) is 0 Å². The van der Waals surface area contributed by atoms with Gasteiger partial charge in [-0.25, -0.2) is 0 Å². The van der Waals surface area contributed by atoms with Gasteiger partial charge in [-0.15, -0.1) is 0 Å². The highest BCUT2D eigenvalue weighted by Gasteiger charge is 2.22. The van der Waals surface area contributed by atoms with Crippen molar-refractivity contribution in [1.29, 1.82) is 0 Å². The summed E-state index contributed by atoms with van der Waals surface area (Å²) in [5.74, 6) is 0.123. The van der Waals surface area contributed by atoms with Crippen LogP contribution in [0.2, 0.25) is 0 Å². The largest absolute Gasteiger partial charge is 0.352 e. The highest BCUT2D eigenvalue weighted by Crippen LogP contribution is 2.18. The van der Waals surface area contributed by atoms with Gasteiger partial charge in [-0.1, -0.05) is 0 Å². The van der Waals surface area contributed by atoms with Crippen LogP contribution in [0.1, 0.15) is 19.8 Å². The molecule has 1 amide bonds. The first-order valence-corrected chi connectivity index (χ1v) is 5.25. The molecule has 1 fully saturated rings.